The average Bonchev–Trinajstić information content (AvgIpc) is 3.17. The molecule has 1 fully saturated rings. The summed E-state index contributed by atoms with van der Waals surface area (Å²) < 4.78 is 15.7. The van der Waals surface area contributed by atoms with Gasteiger partial charge in [-0.05, 0) is 30.4 Å². The van der Waals surface area contributed by atoms with Crippen LogP contribution in [0.5, 0.6) is 0 Å². The molecule has 30 heavy (non-hydrogen) atoms. The van der Waals surface area contributed by atoms with Crippen LogP contribution in [0.3, 0.4) is 0 Å². The zero-order valence-electron chi connectivity index (χ0n) is 17.3. The fourth-order valence-electron chi connectivity index (χ4n) is 4.58. The number of rotatable bonds is 3. The quantitative estimate of drug-likeness (QED) is 0.443. The normalized spacial score (nSPS) is 19.4. The first-order chi connectivity index (χ1) is 14.6. The lowest BCUT2D eigenvalue weighted by atomic mass is 9.92. The summed E-state index contributed by atoms with van der Waals surface area (Å²) in [5.41, 5.74) is 4.26. The maximum atomic E-state index is 13.8. The van der Waals surface area contributed by atoms with E-state index in [2.05, 4.69) is 36.9 Å². The molecule has 0 amide bonds. The third kappa shape index (κ3) is 3.56. The van der Waals surface area contributed by atoms with Crippen molar-refractivity contribution in [2.24, 2.45) is 11.8 Å². The van der Waals surface area contributed by atoms with Gasteiger partial charge < -0.3 is 4.90 Å². The Morgan fingerprint density at radius 2 is 1.57 bits per heavy atom. The number of halogens is 1. The van der Waals surface area contributed by atoms with Crippen LogP contribution in [0.2, 0.25) is 0 Å². The van der Waals surface area contributed by atoms with Gasteiger partial charge in [-0.3, -0.25) is 0 Å². The summed E-state index contributed by atoms with van der Waals surface area (Å²) in [6.07, 6.45) is 1.24. The molecule has 4 aromatic rings. The predicted octanol–water partition coefficient (Wildman–Crippen LogP) is 5.68. The molecule has 4 nitrogen and oxygen atoms in total. The van der Waals surface area contributed by atoms with Crippen LogP contribution in [0, 0.1) is 17.7 Å². The summed E-state index contributed by atoms with van der Waals surface area (Å²) in [5, 5.41) is 4.83. The summed E-state index contributed by atoms with van der Waals surface area (Å²) in [5.74, 6) is 2.02. The Labute approximate surface area is 176 Å². The minimum atomic E-state index is -0.263. The molecular formula is C25H25FN4. The van der Waals surface area contributed by atoms with E-state index in [9.17, 15) is 4.39 Å². The van der Waals surface area contributed by atoms with Crippen molar-refractivity contribution in [2.75, 3.05) is 18.0 Å². The number of anilines is 1. The number of benzene rings is 2. The summed E-state index contributed by atoms with van der Waals surface area (Å²) in [4.78, 5) is 7.31. The molecule has 2 aromatic heterocycles. The van der Waals surface area contributed by atoms with Gasteiger partial charge in [0.1, 0.15) is 11.6 Å². The van der Waals surface area contributed by atoms with E-state index in [1.807, 2.05) is 34.8 Å². The van der Waals surface area contributed by atoms with E-state index < -0.39 is 0 Å². The molecule has 1 aliphatic heterocycles. The predicted molar refractivity (Wildman–Crippen MR) is 119 cm³/mol. The standard InChI is InChI=1S/C25H25FN4/c1-17-11-18(2)16-29(15-17)25-14-22(19-7-4-3-5-8-19)27-24-13-23(28-30(24)25)20-9-6-10-21(26)12-20/h3-10,12-14,17-18H,11,15-16H2,1-2H3. The smallest absolute Gasteiger partial charge is 0.158 e. The molecule has 5 rings (SSSR count). The number of aromatic nitrogens is 3. The fourth-order valence-corrected chi connectivity index (χ4v) is 4.58. The molecule has 0 N–H and O–H groups in total. The van der Waals surface area contributed by atoms with Gasteiger partial charge in [-0.25, -0.2) is 9.37 Å². The third-order valence-electron chi connectivity index (χ3n) is 5.79. The minimum Gasteiger partial charge on any atom is -0.356 e. The van der Waals surface area contributed by atoms with E-state index in [1.54, 1.807) is 6.07 Å². The summed E-state index contributed by atoms with van der Waals surface area (Å²) >= 11 is 0. The second kappa shape index (κ2) is 7.56. The average molecular weight is 401 g/mol. The highest BCUT2D eigenvalue weighted by Gasteiger charge is 2.25. The number of fused-ring (bicyclic) bond motifs is 1. The van der Waals surface area contributed by atoms with Gasteiger partial charge in [-0.1, -0.05) is 56.3 Å². The number of hydrogen-bond donors (Lipinski definition) is 0. The van der Waals surface area contributed by atoms with E-state index in [0.29, 0.717) is 11.8 Å². The zero-order chi connectivity index (χ0) is 20.7. The monoisotopic (exact) mass is 400 g/mol. The molecule has 2 atom stereocenters. The summed E-state index contributed by atoms with van der Waals surface area (Å²) in [6, 6.07) is 20.9. The Morgan fingerprint density at radius 3 is 2.30 bits per heavy atom. The number of hydrogen-bond acceptors (Lipinski definition) is 3. The molecule has 0 radical (unpaired) electrons. The van der Waals surface area contributed by atoms with Crippen LogP contribution in [0.25, 0.3) is 28.2 Å². The Hall–Kier alpha value is -3.21. The number of piperidine rings is 1. The largest absolute Gasteiger partial charge is 0.356 e. The third-order valence-corrected chi connectivity index (χ3v) is 5.79. The van der Waals surface area contributed by atoms with E-state index in [-0.39, 0.29) is 5.82 Å². The van der Waals surface area contributed by atoms with Crippen LogP contribution in [0.1, 0.15) is 20.3 Å². The first-order valence-electron chi connectivity index (χ1n) is 10.5. The van der Waals surface area contributed by atoms with Crippen molar-refractivity contribution >= 4 is 11.5 Å². The topological polar surface area (TPSA) is 33.4 Å². The van der Waals surface area contributed by atoms with E-state index >= 15 is 0 Å². The van der Waals surface area contributed by atoms with Crippen molar-refractivity contribution in [1.29, 1.82) is 0 Å². The lowest BCUT2D eigenvalue weighted by Gasteiger charge is -2.36. The van der Waals surface area contributed by atoms with Gasteiger partial charge in [-0.2, -0.15) is 9.61 Å². The maximum absolute atomic E-state index is 13.8. The molecule has 3 heterocycles. The van der Waals surface area contributed by atoms with Crippen LogP contribution >= 0.6 is 0 Å². The van der Waals surface area contributed by atoms with Crippen molar-refractivity contribution < 1.29 is 4.39 Å². The molecule has 0 spiro atoms. The van der Waals surface area contributed by atoms with Crippen LogP contribution in [0.4, 0.5) is 10.2 Å². The van der Waals surface area contributed by atoms with Crippen molar-refractivity contribution in [1.82, 2.24) is 14.6 Å². The molecular weight excluding hydrogens is 375 g/mol. The van der Waals surface area contributed by atoms with E-state index in [0.717, 1.165) is 47.1 Å². The van der Waals surface area contributed by atoms with Crippen LogP contribution in [-0.2, 0) is 0 Å². The first-order valence-corrected chi connectivity index (χ1v) is 10.5. The highest BCUT2D eigenvalue weighted by atomic mass is 19.1. The minimum absolute atomic E-state index is 0.263. The van der Waals surface area contributed by atoms with Crippen LogP contribution < -0.4 is 4.90 Å². The SMILES string of the molecule is CC1CC(C)CN(c2cc(-c3ccccc3)nc3cc(-c4cccc(F)c4)nn23)C1. The Bertz CT molecular complexity index is 1170. The Morgan fingerprint density at radius 1 is 0.833 bits per heavy atom. The van der Waals surface area contributed by atoms with Gasteiger partial charge in [0.15, 0.2) is 5.65 Å². The van der Waals surface area contributed by atoms with Crippen molar-refractivity contribution in [3.8, 4) is 22.5 Å². The molecule has 152 valence electrons. The van der Waals surface area contributed by atoms with Gasteiger partial charge in [0.2, 0.25) is 0 Å². The first kappa shape index (κ1) is 18.8. The molecule has 0 aliphatic carbocycles. The highest BCUT2D eigenvalue weighted by molar-refractivity contribution is 5.71. The van der Waals surface area contributed by atoms with E-state index in [4.69, 9.17) is 10.1 Å². The second-order valence-corrected chi connectivity index (χ2v) is 8.53. The summed E-state index contributed by atoms with van der Waals surface area (Å²) in [6.45, 7) is 6.60. The lowest BCUT2D eigenvalue weighted by Crippen LogP contribution is -2.39. The zero-order valence-corrected chi connectivity index (χ0v) is 17.3. The van der Waals surface area contributed by atoms with Crippen LogP contribution in [0.15, 0.2) is 66.7 Å². The molecule has 0 saturated carbocycles. The summed E-state index contributed by atoms with van der Waals surface area (Å²) in [7, 11) is 0. The fraction of sp³-hybridized carbons (Fsp3) is 0.280. The molecule has 5 heteroatoms. The van der Waals surface area contributed by atoms with Gasteiger partial charge in [0.25, 0.3) is 0 Å². The number of nitrogens with zero attached hydrogens (tertiary/aromatic N) is 4. The lowest BCUT2D eigenvalue weighted by molar-refractivity contribution is 0.354. The van der Waals surface area contributed by atoms with Gasteiger partial charge in [0.05, 0.1) is 11.4 Å². The van der Waals surface area contributed by atoms with Crippen molar-refractivity contribution in [2.45, 2.75) is 20.3 Å². The molecule has 2 aromatic carbocycles. The molecule has 1 saturated heterocycles. The highest BCUT2D eigenvalue weighted by Crippen LogP contribution is 2.31. The van der Waals surface area contributed by atoms with Gasteiger partial charge >= 0.3 is 0 Å². The molecule has 1 aliphatic rings. The van der Waals surface area contributed by atoms with Gasteiger partial charge in [-0.15, -0.1) is 0 Å². The van der Waals surface area contributed by atoms with E-state index in [1.165, 1.54) is 18.6 Å². The Balaban J connectivity index is 1.69. The maximum Gasteiger partial charge on any atom is 0.158 e. The van der Waals surface area contributed by atoms with Crippen LogP contribution in [-0.4, -0.2) is 27.7 Å². The van der Waals surface area contributed by atoms with Gasteiger partial charge in [0, 0.05) is 36.3 Å². The Kier molecular flexibility index (Phi) is 4.74. The second-order valence-electron chi connectivity index (χ2n) is 8.53. The van der Waals surface area contributed by atoms with Crippen molar-refractivity contribution in [3.05, 3.63) is 72.5 Å². The van der Waals surface area contributed by atoms with Crippen molar-refractivity contribution in [3.63, 3.8) is 0 Å². The molecule has 2 unspecified atom stereocenters. The molecule has 0 bridgehead atoms.